The van der Waals surface area contributed by atoms with E-state index < -0.39 is 53.6 Å². The average Bonchev–Trinajstić information content (AvgIpc) is 3.13. The van der Waals surface area contributed by atoms with Crippen LogP contribution in [0.1, 0.15) is 20.8 Å². The monoisotopic (exact) mass is 445 g/mol. The lowest BCUT2D eigenvalue weighted by atomic mass is 10.1. The fraction of sp³-hybridized carbons (Fsp3) is 0.625. The van der Waals surface area contributed by atoms with Gasteiger partial charge in [-0.25, -0.2) is 4.99 Å². The van der Waals surface area contributed by atoms with Gasteiger partial charge < -0.3 is 29.2 Å². The number of hydrogen-bond acceptors (Lipinski definition) is 12. The van der Waals surface area contributed by atoms with Gasteiger partial charge in [-0.15, -0.1) is 0 Å². The number of rotatable bonds is 5. The number of nitrogens with one attached hydrogen (secondary N) is 1. The quantitative estimate of drug-likeness (QED) is 0.212. The van der Waals surface area contributed by atoms with Gasteiger partial charge in [-0.2, -0.15) is 0 Å². The summed E-state index contributed by atoms with van der Waals surface area (Å²) in [5.41, 5.74) is 5.68. The van der Waals surface area contributed by atoms with Crippen molar-refractivity contribution in [2.75, 3.05) is 13.3 Å². The molecule has 3 rings (SSSR count). The zero-order valence-corrected chi connectivity index (χ0v) is 17.0. The van der Waals surface area contributed by atoms with Gasteiger partial charge in [0.25, 0.3) is 11.2 Å². The van der Waals surface area contributed by atoms with Crippen LogP contribution >= 0.6 is 11.6 Å². The van der Waals surface area contributed by atoms with Crippen molar-refractivity contribution in [3.63, 3.8) is 0 Å². The molecule has 1 fully saturated rings. The van der Waals surface area contributed by atoms with Crippen molar-refractivity contribution in [1.29, 1.82) is 0 Å². The fourth-order valence-electron chi connectivity index (χ4n) is 3.26. The van der Waals surface area contributed by atoms with Crippen molar-refractivity contribution in [2.24, 2.45) is 15.7 Å². The maximum atomic E-state index is 12.2. The third-order valence-corrected chi connectivity index (χ3v) is 4.46. The van der Waals surface area contributed by atoms with Gasteiger partial charge in [0.2, 0.25) is 0 Å². The second-order valence-corrected chi connectivity index (χ2v) is 7.27. The van der Waals surface area contributed by atoms with Crippen molar-refractivity contribution in [3.8, 4) is 0 Å². The molecule has 13 nitrogen and oxygen atoms in total. The molecule has 0 bridgehead atoms. The molecule has 3 N–H and O–H groups in total. The first-order chi connectivity index (χ1) is 14.0. The van der Waals surface area contributed by atoms with Crippen LogP contribution in [0.5, 0.6) is 0 Å². The van der Waals surface area contributed by atoms with E-state index in [1.165, 1.54) is 25.7 Å². The summed E-state index contributed by atoms with van der Waals surface area (Å²) in [5, 5.41) is 0.358. The first-order valence-corrected chi connectivity index (χ1v) is 9.21. The topological polar surface area (TPSA) is 171 Å². The van der Waals surface area contributed by atoms with Crippen LogP contribution in [0.25, 0.3) is 0 Å². The van der Waals surface area contributed by atoms with E-state index in [4.69, 9.17) is 36.3 Å². The predicted molar refractivity (Wildman–Crippen MR) is 98.9 cm³/mol. The Labute approximate surface area is 175 Å². The zero-order chi connectivity index (χ0) is 22.2. The molecular formula is C16H20ClN5O8. The number of nitrogens with two attached hydrogens (primary N) is 1. The lowest BCUT2D eigenvalue weighted by molar-refractivity contribution is -0.166. The lowest BCUT2D eigenvalue weighted by Gasteiger charge is -2.33. The van der Waals surface area contributed by atoms with Crippen LogP contribution in [-0.2, 0) is 38.1 Å². The molecule has 1 unspecified atom stereocenters. The van der Waals surface area contributed by atoms with Gasteiger partial charge in [0, 0.05) is 20.8 Å². The smallest absolute Gasteiger partial charge is 0.303 e. The Bertz CT molecular complexity index is 843. The van der Waals surface area contributed by atoms with Crippen LogP contribution in [0.4, 0.5) is 0 Å². The zero-order valence-electron chi connectivity index (χ0n) is 16.3. The minimum atomic E-state index is -1.91. The molecule has 1 saturated heterocycles. The molecule has 0 aliphatic carbocycles. The summed E-state index contributed by atoms with van der Waals surface area (Å²) in [4.78, 5) is 56.3. The van der Waals surface area contributed by atoms with Crippen LogP contribution in [0.2, 0.25) is 0 Å². The number of carbonyl (C=O) groups is 4. The number of ether oxygens (including phenoxy) is 4. The highest BCUT2D eigenvalue weighted by molar-refractivity contribution is 6.68. The van der Waals surface area contributed by atoms with E-state index in [0.29, 0.717) is 0 Å². The summed E-state index contributed by atoms with van der Waals surface area (Å²) in [6.07, 6.45) is -4.29. The van der Waals surface area contributed by atoms with Crippen molar-refractivity contribution >= 4 is 47.0 Å². The number of amidine groups is 1. The maximum absolute atomic E-state index is 12.2. The largest absolute Gasteiger partial charge is 0.463 e. The number of alkyl halides is 1. The minimum Gasteiger partial charge on any atom is -0.463 e. The molecule has 0 aromatic rings. The summed E-state index contributed by atoms with van der Waals surface area (Å²) in [5.74, 6) is -2.54. The highest BCUT2D eigenvalue weighted by Gasteiger charge is 2.55. The molecule has 0 saturated carbocycles. The number of amides is 1. The summed E-state index contributed by atoms with van der Waals surface area (Å²) in [6, 6.07) is 0. The van der Waals surface area contributed by atoms with Gasteiger partial charge in [0.1, 0.15) is 19.4 Å². The van der Waals surface area contributed by atoms with E-state index in [1.807, 2.05) is 0 Å². The predicted octanol–water partition coefficient (Wildman–Crippen LogP) is -1.81. The summed E-state index contributed by atoms with van der Waals surface area (Å²) in [7, 11) is 0. The van der Waals surface area contributed by atoms with E-state index in [0.717, 1.165) is 0 Å². The van der Waals surface area contributed by atoms with E-state index in [1.54, 1.807) is 0 Å². The first kappa shape index (κ1) is 21.9. The number of fused-ring (bicyclic) bond motifs is 1. The van der Waals surface area contributed by atoms with Crippen LogP contribution in [0.15, 0.2) is 9.98 Å². The molecule has 3 aliphatic rings. The van der Waals surface area contributed by atoms with E-state index >= 15 is 0 Å². The number of aliphatic imine (C=N–C) groups is 2. The van der Waals surface area contributed by atoms with E-state index in [9.17, 15) is 19.2 Å². The Morgan fingerprint density at radius 2 is 1.87 bits per heavy atom. The molecule has 0 aromatic heterocycles. The van der Waals surface area contributed by atoms with E-state index in [-0.39, 0.29) is 24.8 Å². The Kier molecular flexibility index (Phi) is 5.97. The van der Waals surface area contributed by atoms with Gasteiger partial charge in [0.05, 0.1) is 0 Å². The molecule has 30 heavy (non-hydrogen) atoms. The lowest BCUT2D eigenvalue weighted by Crippen LogP contribution is -2.60. The molecule has 3 heterocycles. The number of halogens is 1. The highest BCUT2D eigenvalue weighted by Crippen LogP contribution is 2.32. The molecule has 14 heteroatoms. The first-order valence-electron chi connectivity index (χ1n) is 8.83. The van der Waals surface area contributed by atoms with Gasteiger partial charge in [0.15, 0.2) is 30.0 Å². The Morgan fingerprint density at radius 3 is 2.47 bits per heavy atom. The van der Waals surface area contributed by atoms with E-state index in [2.05, 4.69) is 15.3 Å². The van der Waals surface area contributed by atoms with Gasteiger partial charge in [-0.1, -0.05) is 11.6 Å². The molecule has 164 valence electrons. The molecular weight excluding hydrogens is 426 g/mol. The van der Waals surface area contributed by atoms with Crippen LogP contribution in [0.3, 0.4) is 0 Å². The van der Waals surface area contributed by atoms with Crippen molar-refractivity contribution in [2.45, 2.75) is 50.6 Å². The molecule has 1 amide bonds. The molecule has 0 aromatic carbocycles. The Balaban J connectivity index is 1.94. The third-order valence-electron chi connectivity index (χ3n) is 4.29. The van der Waals surface area contributed by atoms with Crippen LogP contribution in [-0.4, -0.2) is 83.3 Å². The Hall–Kier alpha value is -2.77. The van der Waals surface area contributed by atoms with Crippen LogP contribution < -0.4 is 11.1 Å². The second-order valence-electron chi connectivity index (χ2n) is 6.70. The highest BCUT2D eigenvalue weighted by atomic mass is 35.5. The maximum Gasteiger partial charge on any atom is 0.303 e. The second kappa shape index (κ2) is 8.16. The third kappa shape index (κ3) is 4.52. The van der Waals surface area contributed by atoms with Crippen LogP contribution in [0, 0.1) is 0 Å². The minimum absolute atomic E-state index is 0.0214. The summed E-state index contributed by atoms with van der Waals surface area (Å²) < 4.78 is 21.5. The standard InChI is InChI=1S/C16H20ClN5O8/c1-6(23)27-4-9-11(28-7(2)24)12(29-8(3)25)15(30-9)22-5-19-10-13(22)20-16(17,18)21-14(10)26/h9,11-12,15H,4-5,18H2,1-3H3,(H,21,26)/t9-,11-,12-,15-,16?/m1/s1. The molecule has 0 radical (unpaired) electrons. The van der Waals surface area contributed by atoms with Gasteiger partial charge in [-0.05, 0) is 0 Å². The Morgan fingerprint density at radius 1 is 1.23 bits per heavy atom. The number of nitrogens with zero attached hydrogens (tertiary/aromatic N) is 3. The summed E-state index contributed by atoms with van der Waals surface area (Å²) >= 11 is 5.96. The molecule has 5 atom stereocenters. The molecule has 3 aliphatic heterocycles. The van der Waals surface area contributed by atoms with Crippen molar-refractivity contribution < 1.29 is 38.1 Å². The van der Waals surface area contributed by atoms with Crippen molar-refractivity contribution in [1.82, 2.24) is 10.2 Å². The summed E-state index contributed by atoms with van der Waals surface area (Å²) in [6.45, 7) is 3.18. The SMILES string of the molecule is CC(=O)OC[C@H]1O[C@@H](N2CN=C3C(=O)NC(N)(Cl)N=C32)[C@H](OC(C)=O)[C@@H]1OC(C)=O. The van der Waals surface area contributed by atoms with Crippen molar-refractivity contribution in [3.05, 3.63) is 0 Å². The van der Waals surface area contributed by atoms with Gasteiger partial charge in [-0.3, -0.25) is 29.9 Å². The number of hydrogen-bond donors (Lipinski definition) is 2. The van der Waals surface area contributed by atoms with Gasteiger partial charge >= 0.3 is 17.9 Å². The average molecular weight is 446 g/mol. The molecule has 0 spiro atoms. The fourth-order valence-corrected chi connectivity index (χ4v) is 3.42. The number of carbonyl (C=O) groups excluding carboxylic acids is 4. The number of esters is 3. The normalized spacial score (nSPS) is 32.6.